The van der Waals surface area contributed by atoms with E-state index in [2.05, 4.69) is 50.4 Å². The van der Waals surface area contributed by atoms with E-state index in [1.54, 1.807) is 0 Å². The maximum absolute atomic E-state index is 3.79. The van der Waals surface area contributed by atoms with Crippen molar-refractivity contribution in [2.75, 3.05) is 26.2 Å². The van der Waals surface area contributed by atoms with Crippen LogP contribution in [0.1, 0.15) is 43.7 Å². The molecule has 2 nitrogen and oxygen atoms in total. The van der Waals surface area contributed by atoms with Crippen molar-refractivity contribution in [3.05, 3.63) is 34.3 Å². The molecule has 0 amide bonds. The summed E-state index contributed by atoms with van der Waals surface area (Å²) in [6, 6.07) is 9.45. The number of piperazine rings is 1. The van der Waals surface area contributed by atoms with Crippen LogP contribution in [0.5, 0.6) is 0 Å². The van der Waals surface area contributed by atoms with E-state index in [1.807, 2.05) is 0 Å². The van der Waals surface area contributed by atoms with Crippen LogP contribution in [0, 0.1) is 5.92 Å². The molecule has 0 aromatic heterocycles. The largest absolute Gasteiger partial charge is 0.314 e. The second kappa shape index (κ2) is 7.06. The van der Waals surface area contributed by atoms with Gasteiger partial charge in [0.25, 0.3) is 0 Å². The molecule has 1 saturated carbocycles. The first-order valence-corrected chi connectivity index (χ1v) is 8.85. The second-order valence-corrected chi connectivity index (χ2v) is 7.00. The monoisotopic (exact) mass is 336 g/mol. The Morgan fingerprint density at radius 2 is 1.75 bits per heavy atom. The Balaban J connectivity index is 1.87. The normalized spacial score (nSPS) is 23.6. The summed E-state index contributed by atoms with van der Waals surface area (Å²) in [5.74, 6) is 0.834. The predicted octanol–water partition coefficient (Wildman–Crippen LogP) is 3.98. The van der Waals surface area contributed by atoms with Crippen molar-refractivity contribution in [3.8, 4) is 0 Å². The minimum absolute atomic E-state index is 0.605. The summed E-state index contributed by atoms with van der Waals surface area (Å²) in [4.78, 5) is 2.71. The molecule has 1 aliphatic carbocycles. The molecule has 3 rings (SSSR count). The van der Waals surface area contributed by atoms with Gasteiger partial charge in [0.05, 0.1) is 0 Å². The van der Waals surface area contributed by atoms with Gasteiger partial charge in [0.2, 0.25) is 0 Å². The Morgan fingerprint density at radius 3 is 2.45 bits per heavy atom. The second-order valence-electron chi connectivity index (χ2n) is 6.15. The smallest absolute Gasteiger partial charge is 0.0388 e. The summed E-state index contributed by atoms with van der Waals surface area (Å²) in [6.07, 6.45) is 7.06. The van der Waals surface area contributed by atoms with Crippen molar-refractivity contribution in [1.29, 1.82) is 0 Å². The highest BCUT2D eigenvalue weighted by atomic mass is 79.9. The number of halogens is 1. The quantitative estimate of drug-likeness (QED) is 0.898. The molecule has 1 heterocycles. The SMILES string of the molecule is Brc1ccccc1[C@@H](C1CCCCC1)N1CCNCC1. The molecule has 1 N–H and O–H groups in total. The molecule has 1 atom stereocenters. The Labute approximate surface area is 131 Å². The molecular weight excluding hydrogens is 312 g/mol. The summed E-state index contributed by atoms with van der Waals surface area (Å²) >= 11 is 3.79. The number of hydrogen-bond donors (Lipinski definition) is 1. The summed E-state index contributed by atoms with van der Waals surface area (Å²) in [6.45, 7) is 4.63. The van der Waals surface area contributed by atoms with Crippen molar-refractivity contribution in [2.24, 2.45) is 5.92 Å². The van der Waals surface area contributed by atoms with Crippen LogP contribution in [-0.2, 0) is 0 Å². The topological polar surface area (TPSA) is 15.3 Å². The molecular formula is C17H25BrN2. The molecule has 0 radical (unpaired) electrons. The Morgan fingerprint density at radius 1 is 1.05 bits per heavy atom. The third-order valence-electron chi connectivity index (χ3n) is 4.87. The van der Waals surface area contributed by atoms with E-state index < -0.39 is 0 Å². The highest BCUT2D eigenvalue weighted by molar-refractivity contribution is 9.10. The molecule has 2 aliphatic rings. The summed E-state index contributed by atoms with van der Waals surface area (Å²) in [7, 11) is 0. The Bertz CT molecular complexity index is 405. The van der Waals surface area contributed by atoms with Gasteiger partial charge >= 0.3 is 0 Å². The van der Waals surface area contributed by atoms with Gasteiger partial charge in [0, 0.05) is 36.7 Å². The maximum atomic E-state index is 3.79. The van der Waals surface area contributed by atoms with E-state index in [0.29, 0.717) is 6.04 Å². The molecule has 1 aliphatic heterocycles. The van der Waals surface area contributed by atoms with Crippen molar-refractivity contribution in [3.63, 3.8) is 0 Å². The fraction of sp³-hybridized carbons (Fsp3) is 0.647. The average molecular weight is 337 g/mol. The molecule has 0 spiro atoms. The predicted molar refractivity (Wildman–Crippen MR) is 87.9 cm³/mol. The summed E-state index contributed by atoms with van der Waals surface area (Å²) in [5.41, 5.74) is 1.50. The first-order chi connectivity index (χ1) is 9.86. The van der Waals surface area contributed by atoms with Crippen LogP contribution in [0.3, 0.4) is 0 Å². The molecule has 110 valence electrons. The van der Waals surface area contributed by atoms with Crippen LogP contribution >= 0.6 is 15.9 Å². The Hall–Kier alpha value is -0.380. The summed E-state index contributed by atoms with van der Waals surface area (Å²) < 4.78 is 1.29. The fourth-order valence-electron chi connectivity index (χ4n) is 3.87. The lowest BCUT2D eigenvalue weighted by Crippen LogP contribution is -2.47. The zero-order valence-corrected chi connectivity index (χ0v) is 13.7. The van der Waals surface area contributed by atoms with E-state index >= 15 is 0 Å². The van der Waals surface area contributed by atoms with Crippen LogP contribution in [0.15, 0.2) is 28.7 Å². The lowest BCUT2D eigenvalue weighted by atomic mass is 9.80. The minimum atomic E-state index is 0.605. The molecule has 1 aromatic rings. The number of benzene rings is 1. The van der Waals surface area contributed by atoms with E-state index in [-0.39, 0.29) is 0 Å². The first kappa shape index (κ1) is 14.6. The van der Waals surface area contributed by atoms with E-state index in [9.17, 15) is 0 Å². The molecule has 0 unspecified atom stereocenters. The number of nitrogens with zero attached hydrogens (tertiary/aromatic N) is 1. The van der Waals surface area contributed by atoms with Gasteiger partial charge in [-0.25, -0.2) is 0 Å². The van der Waals surface area contributed by atoms with Gasteiger partial charge in [0.1, 0.15) is 0 Å². The zero-order valence-electron chi connectivity index (χ0n) is 12.2. The third kappa shape index (κ3) is 3.26. The van der Waals surface area contributed by atoms with Gasteiger partial charge in [-0.1, -0.05) is 53.4 Å². The van der Waals surface area contributed by atoms with Crippen LogP contribution in [0.4, 0.5) is 0 Å². The molecule has 1 aromatic carbocycles. The maximum Gasteiger partial charge on any atom is 0.0388 e. The van der Waals surface area contributed by atoms with Crippen LogP contribution in [0.25, 0.3) is 0 Å². The Kier molecular flexibility index (Phi) is 5.14. The van der Waals surface area contributed by atoms with Crippen LogP contribution < -0.4 is 5.32 Å². The fourth-order valence-corrected chi connectivity index (χ4v) is 4.39. The van der Waals surface area contributed by atoms with E-state index in [1.165, 1.54) is 55.2 Å². The van der Waals surface area contributed by atoms with Crippen molar-refractivity contribution in [1.82, 2.24) is 10.2 Å². The first-order valence-electron chi connectivity index (χ1n) is 8.05. The van der Waals surface area contributed by atoms with Crippen LogP contribution in [0.2, 0.25) is 0 Å². The van der Waals surface area contributed by atoms with Crippen molar-refractivity contribution in [2.45, 2.75) is 38.1 Å². The average Bonchev–Trinajstić information content (AvgIpc) is 2.52. The molecule has 3 heteroatoms. The lowest BCUT2D eigenvalue weighted by Gasteiger charge is -2.41. The standard InChI is InChI=1S/C17H25BrN2/c18-16-9-5-4-8-15(16)17(14-6-2-1-3-7-14)20-12-10-19-11-13-20/h4-5,8-9,14,17,19H,1-3,6-7,10-13H2/t17-/m1/s1. The van der Waals surface area contributed by atoms with Gasteiger partial charge in [-0.05, 0) is 30.4 Å². The summed E-state index contributed by atoms with van der Waals surface area (Å²) in [5, 5.41) is 3.49. The van der Waals surface area contributed by atoms with Gasteiger partial charge < -0.3 is 5.32 Å². The number of nitrogens with one attached hydrogen (secondary N) is 1. The highest BCUT2D eigenvalue weighted by Crippen LogP contribution is 2.40. The van der Waals surface area contributed by atoms with Gasteiger partial charge in [-0.3, -0.25) is 4.90 Å². The van der Waals surface area contributed by atoms with Gasteiger partial charge in [-0.15, -0.1) is 0 Å². The van der Waals surface area contributed by atoms with E-state index in [4.69, 9.17) is 0 Å². The molecule has 0 bridgehead atoms. The van der Waals surface area contributed by atoms with Gasteiger partial charge in [-0.2, -0.15) is 0 Å². The minimum Gasteiger partial charge on any atom is -0.314 e. The molecule has 2 fully saturated rings. The third-order valence-corrected chi connectivity index (χ3v) is 5.59. The van der Waals surface area contributed by atoms with E-state index in [0.717, 1.165) is 19.0 Å². The number of rotatable bonds is 3. The molecule has 1 saturated heterocycles. The van der Waals surface area contributed by atoms with Crippen molar-refractivity contribution < 1.29 is 0 Å². The van der Waals surface area contributed by atoms with Gasteiger partial charge in [0.15, 0.2) is 0 Å². The molecule has 20 heavy (non-hydrogen) atoms. The lowest BCUT2D eigenvalue weighted by molar-refractivity contribution is 0.103. The number of hydrogen-bond acceptors (Lipinski definition) is 2. The zero-order chi connectivity index (χ0) is 13.8. The van der Waals surface area contributed by atoms with Crippen molar-refractivity contribution >= 4 is 15.9 Å². The highest BCUT2D eigenvalue weighted by Gasteiger charge is 2.31. The van der Waals surface area contributed by atoms with Crippen LogP contribution in [-0.4, -0.2) is 31.1 Å².